The quantitative estimate of drug-likeness (QED) is 0.706. The van der Waals surface area contributed by atoms with E-state index in [1.54, 1.807) is 0 Å². The fraction of sp³-hybridized carbons (Fsp3) is 1.00. The predicted molar refractivity (Wildman–Crippen MR) is 88.4 cm³/mol. The second kappa shape index (κ2) is 4.30. The van der Waals surface area contributed by atoms with Gasteiger partial charge in [-0.15, -0.1) is 0 Å². The largest absolute Gasteiger partial charge is 0.393 e. The zero-order chi connectivity index (χ0) is 16.0. The van der Waals surface area contributed by atoms with E-state index in [0.29, 0.717) is 22.7 Å². The maximum Gasteiger partial charge on any atom is 0.0597 e. The van der Waals surface area contributed by atoms with Crippen LogP contribution < -0.4 is 0 Å². The third kappa shape index (κ3) is 1.64. The van der Waals surface area contributed by atoms with Crippen LogP contribution >= 0.6 is 0 Å². The Bertz CT molecular complexity index is 486. The average Bonchev–Trinajstić information content (AvgIpc) is 2.74. The number of aliphatic hydroxyl groups is 2. The molecule has 2 bridgehead atoms. The summed E-state index contributed by atoms with van der Waals surface area (Å²) in [6.07, 6.45) is 8.88. The van der Waals surface area contributed by atoms with E-state index in [1.807, 2.05) is 0 Å². The Hall–Kier alpha value is -0.0800. The standard InChI is InChI=1S/C20H34O2/c1-17(2)6-5-7-19(4)15(17)11-14(21)13-10-16(22)18(3)8-9-20(13,19)12-18/h13-16,21-22H,5-12H2,1-4H3/t13-,14+,15+,16-,18+,19+,20+/m1/s1. The molecule has 0 aromatic heterocycles. The van der Waals surface area contributed by atoms with Crippen molar-refractivity contribution in [1.29, 1.82) is 0 Å². The van der Waals surface area contributed by atoms with Crippen molar-refractivity contribution < 1.29 is 10.2 Å². The Morgan fingerprint density at radius 2 is 1.59 bits per heavy atom. The predicted octanol–water partition coefficient (Wildman–Crippen LogP) is 4.14. The maximum atomic E-state index is 11.0. The molecule has 7 atom stereocenters. The van der Waals surface area contributed by atoms with Gasteiger partial charge in [0.05, 0.1) is 12.2 Å². The lowest BCUT2D eigenvalue weighted by Gasteiger charge is -2.68. The molecule has 0 aromatic rings. The zero-order valence-electron chi connectivity index (χ0n) is 14.9. The molecule has 2 nitrogen and oxygen atoms in total. The highest BCUT2D eigenvalue weighted by Crippen LogP contribution is 2.76. The first-order chi connectivity index (χ1) is 10.1. The average molecular weight is 306 g/mol. The summed E-state index contributed by atoms with van der Waals surface area (Å²) in [4.78, 5) is 0. The lowest BCUT2D eigenvalue weighted by molar-refractivity contribution is -0.224. The fourth-order valence-electron chi connectivity index (χ4n) is 7.90. The normalized spacial score (nSPS) is 59.7. The summed E-state index contributed by atoms with van der Waals surface area (Å²) < 4.78 is 0. The van der Waals surface area contributed by atoms with Gasteiger partial charge in [0.25, 0.3) is 0 Å². The van der Waals surface area contributed by atoms with E-state index in [4.69, 9.17) is 0 Å². The molecule has 4 saturated carbocycles. The Balaban J connectivity index is 1.83. The van der Waals surface area contributed by atoms with Crippen molar-refractivity contribution in [1.82, 2.24) is 0 Å². The third-order valence-electron chi connectivity index (χ3n) is 9.16. The van der Waals surface area contributed by atoms with E-state index < -0.39 is 0 Å². The summed E-state index contributed by atoms with van der Waals surface area (Å²) in [6, 6.07) is 0. The molecule has 2 N–H and O–H groups in total. The van der Waals surface area contributed by atoms with Crippen LogP contribution in [0.25, 0.3) is 0 Å². The molecule has 0 amide bonds. The molecule has 4 aliphatic carbocycles. The lowest BCUT2D eigenvalue weighted by Crippen LogP contribution is -2.64. The molecule has 4 fully saturated rings. The van der Waals surface area contributed by atoms with Crippen LogP contribution in [0.15, 0.2) is 0 Å². The van der Waals surface area contributed by atoms with Gasteiger partial charge in [-0.05, 0) is 78.4 Å². The van der Waals surface area contributed by atoms with Gasteiger partial charge in [0.1, 0.15) is 0 Å². The molecule has 2 heteroatoms. The van der Waals surface area contributed by atoms with Crippen molar-refractivity contribution >= 4 is 0 Å². The van der Waals surface area contributed by atoms with E-state index >= 15 is 0 Å². The smallest absolute Gasteiger partial charge is 0.0597 e. The van der Waals surface area contributed by atoms with Crippen molar-refractivity contribution in [2.45, 2.75) is 91.3 Å². The first-order valence-electron chi connectivity index (χ1n) is 9.51. The van der Waals surface area contributed by atoms with E-state index in [2.05, 4.69) is 27.7 Å². The van der Waals surface area contributed by atoms with Crippen LogP contribution in [0.5, 0.6) is 0 Å². The van der Waals surface area contributed by atoms with Crippen molar-refractivity contribution in [2.75, 3.05) is 0 Å². The van der Waals surface area contributed by atoms with Gasteiger partial charge in [0, 0.05) is 0 Å². The minimum Gasteiger partial charge on any atom is -0.393 e. The summed E-state index contributed by atoms with van der Waals surface area (Å²) in [5, 5.41) is 21.7. The van der Waals surface area contributed by atoms with Crippen LogP contribution in [0, 0.1) is 33.5 Å². The van der Waals surface area contributed by atoms with Crippen LogP contribution in [-0.4, -0.2) is 22.4 Å². The van der Waals surface area contributed by atoms with E-state index in [1.165, 1.54) is 25.7 Å². The lowest BCUT2D eigenvalue weighted by atomic mass is 9.38. The van der Waals surface area contributed by atoms with E-state index in [9.17, 15) is 10.2 Å². The molecule has 1 spiro atoms. The van der Waals surface area contributed by atoms with Crippen molar-refractivity contribution in [2.24, 2.45) is 33.5 Å². The van der Waals surface area contributed by atoms with Gasteiger partial charge < -0.3 is 10.2 Å². The molecule has 0 aliphatic heterocycles. The number of rotatable bonds is 0. The highest BCUT2D eigenvalue weighted by molar-refractivity contribution is 5.19. The van der Waals surface area contributed by atoms with Crippen molar-refractivity contribution in [3.8, 4) is 0 Å². The summed E-state index contributed by atoms with van der Waals surface area (Å²) in [7, 11) is 0. The third-order valence-corrected chi connectivity index (χ3v) is 9.16. The monoisotopic (exact) mass is 306 g/mol. The summed E-state index contributed by atoms with van der Waals surface area (Å²) in [5.74, 6) is 0.964. The summed E-state index contributed by atoms with van der Waals surface area (Å²) in [5.41, 5.74) is 1.09. The van der Waals surface area contributed by atoms with Crippen LogP contribution in [0.3, 0.4) is 0 Å². The van der Waals surface area contributed by atoms with Gasteiger partial charge in [-0.3, -0.25) is 0 Å². The van der Waals surface area contributed by atoms with E-state index in [0.717, 1.165) is 25.7 Å². The SMILES string of the molecule is CC1(C)CCC[C@@]2(C)[C@H]1C[C@H](O)[C@H]1C[C@@H](O)[C@@]3(C)CC[C@]12C3. The van der Waals surface area contributed by atoms with Gasteiger partial charge in [-0.1, -0.05) is 34.1 Å². The Morgan fingerprint density at radius 1 is 0.864 bits per heavy atom. The maximum absolute atomic E-state index is 11.0. The van der Waals surface area contributed by atoms with Gasteiger partial charge in [-0.2, -0.15) is 0 Å². The Morgan fingerprint density at radius 3 is 2.32 bits per heavy atom. The number of hydrogen-bond donors (Lipinski definition) is 2. The highest BCUT2D eigenvalue weighted by Gasteiger charge is 2.70. The Kier molecular flexibility index (Phi) is 3.02. The molecular formula is C20H34O2. The molecule has 0 aromatic carbocycles. The van der Waals surface area contributed by atoms with Crippen LogP contribution in [0.2, 0.25) is 0 Å². The molecule has 4 rings (SSSR count). The number of aliphatic hydroxyl groups excluding tert-OH is 2. The molecule has 0 radical (unpaired) electrons. The first kappa shape index (κ1) is 15.4. The molecular weight excluding hydrogens is 272 g/mol. The minimum atomic E-state index is -0.209. The Labute approximate surface area is 135 Å². The molecule has 4 aliphatic rings. The molecule has 0 heterocycles. The molecule has 22 heavy (non-hydrogen) atoms. The number of fused-ring (bicyclic) bond motifs is 2. The fourth-order valence-corrected chi connectivity index (χ4v) is 7.90. The van der Waals surface area contributed by atoms with Crippen LogP contribution in [0.1, 0.15) is 79.1 Å². The summed E-state index contributed by atoms with van der Waals surface area (Å²) in [6.45, 7) is 9.73. The highest BCUT2D eigenvalue weighted by atomic mass is 16.3. The zero-order valence-corrected chi connectivity index (χ0v) is 14.9. The second-order valence-electron chi connectivity index (χ2n) is 10.5. The summed E-state index contributed by atoms with van der Waals surface area (Å²) >= 11 is 0. The van der Waals surface area contributed by atoms with E-state index in [-0.39, 0.29) is 23.0 Å². The van der Waals surface area contributed by atoms with Crippen molar-refractivity contribution in [3.05, 3.63) is 0 Å². The first-order valence-corrected chi connectivity index (χ1v) is 9.51. The molecule has 0 unspecified atom stereocenters. The van der Waals surface area contributed by atoms with Crippen molar-refractivity contribution in [3.63, 3.8) is 0 Å². The topological polar surface area (TPSA) is 40.5 Å². The molecule has 126 valence electrons. The molecule has 0 saturated heterocycles. The van der Waals surface area contributed by atoms with Crippen LogP contribution in [0.4, 0.5) is 0 Å². The van der Waals surface area contributed by atoms with Gasteiger partial charge in [0.15, 0.2) is 0 Å². The van der Waals surface area contributed by atoms with Gasteiger partial charge >= 0.3 is 0 Å². The van der Waals surface area contributed by atoms with Gasteiger partial charge in [0.2, 0.25) is 0 Å². The number of hydrogen-bond acceptors (Lipinski definition) is 2. The van der Waals surface area contributed by atoms with Crippen LogP contribution in [-0.2, 0) is 0 Å². The minimum absolute atomic E-state index is 0.0999. The van der Waals surface area contributed by atoms with Gasteiger partial charge in [-0.25, -0.2) is 0 Å². The second-order valence-corrected chi connectivity index (χ2v) is 10.5.